The van der Waals surface area contributed by atoms with Crippen LogP contribution < -0.4 is 5.32 Å². The number of furan rings is 1. The molecule has 1 aliphatic rings. The Hall–Kier alpha value is -2.08. The Morgan fingerprint density at radius 2 is 2.39 bits per heavy atom. The first-order valence-electron chi connectivity index (χ1n) is 5.76. The highest BCUT2D eigenvalue weighted by atomic mass is 16.5. The summed E-state index contributed by atoms with van der Waals surface area (Å²) in [5.74, 6) is 0.827. The van der Waals surface area contributed by atoms with Crippen LogP contribution in [-0.4, -0.2) is 34.9 Å². The minimum absolute atomic E-state index is 0.108. The molecule has 0 spiro atoms. The van der Waals surface area contributed by atoms with E-state index in [0.717, 1.165) is 0 Å². The summed E-state index contributed by atoms with van der Waals surface area (Å²) in [5.41, 5.74) is 0. The van der Waals surface area contributed by atoms with Crippen molar-refractivity contribution in [1.82, 2.24) is 15.1 Å². The molecule has 1 amide bonds. The van der Waals surface area contributed by atoms with Crippen molar-refractivity contribution in [3.05, 3.63) is 42.1 Å². The van der Waals surface area contributed by atoms with Gasteiger partial charge in [0.1, 0.15) is 5.76 Å². The zero-order valence-corrected chi connectivity index (χ0v) is 9.70. The largest absolute Gasteiger partial charge is 0.454 e. The van der Waals surface area contributed by atoms with Crippen LogP contribution in [0.1, 0.15) is 16.3 Å². The van der Waals surface area contributed by atoms with E-state index in [1.165, 1.54) is 0 Å². The van der Waals surface area contributed by atoms with Crippen molar-refractivity contribution in [3.8, 4) is 0 Å². The van der Waals surface area contributed by atoms with Crippen LogP contribution in [-0.2, 0) is 11.3 Å². The third kappa shape index (κ3) is 2.28. The van der Waals surface area contributed by atoms with Gasteiger partial charge in [-0.05, 0) is 18.2 Å². The molecule has 18 heavy (non-hydrogen) atoms. The van der Waals surface area contributed by atoms with Crippen molar-refractivity contribution >= 4 is 5.91 Å². The van der Waals surface area contributed by atoms with E-state index < -0.39 is 0 Å². The second-order valence-electron chi connectivity index (χ2n) is 4.18. The lowest BCUT2D eigenvalue weighted by Gasteiger charge is -2.26. The standard InChI is InChI=1S/C12H13N3O3/c16-12(14-9-7-17-8-9)11-3-2-10(18-11)6-15-5-1-4-13-15/h1-5,9H,6-8H2,(H,14,16). The summed E-state index contributed by atoms with van der Waals surface area (Å²) in [4.78, 5) is 11.8. The highest BCUT2D eigenvalue weighted by molar-refractivity contribution is 5.91. The summed E-state index contributed by atoms with van der Waals surface area (Å²) in [5, 5.41) is 6.90. The van der Waals surface area contributed by atoms with Gasteiger partial charge in [0.25, 0.3) is 5.91 Å². The molecule has 6 heteroatoms. The minimum Gasteiger partial charge on any atom is -0.454 e. The Morgan fingerprint density at radius 3 is 3.06 bits per heavy atom. The van der Waals surface area contributed by atoms with Crippen LogP contribution in [0.4, 0.5) is 0 Å². The van der Waals surface area contributed by atoms with Gasteiger partial charge >= 0.3 is 0 Å². The lowest BCUT2D eigenvalue weighted by molar-refractivity contribution is -0.00392. The van der Waals surface area contributed by atoms with Crippen LogP contribution >= 0.6 is 0 Å². The van der Waals surface area contributed by atoms with Gasteiger partial charge < -0.3 is 14.5 Å². The molecule has 0 aliphatic carbocycles. The van der Waals surface area contributed by atoms with Gasteiger partial charge in [0.05, 0.1) is 25.8 Å². The fraction of sp³-hybridized carbons (Fsp3) is 0.333. The van der Waals surface area contributed by atoms with Crippen LogP contribution in [0.5, 0.6) is 0 Å². The quantitative estimate of drug-likeness (QED) is 0.861. The number of nitrogens with one attached hydrogen (secondary N) is 1. The summed E-state index contributed by atoms with van der Waals surface area (Å²) in [6.45, 7) is 1.67. The molecule has 0 unspecified atom stereocenters. The molecule has 0 radical (unpaired) electrons. The molecule has 0 aromatic carbocycles. The van der Waals surface area contributed by atoms with Crippen molar-refractivity contribution in [2.24, 2.45) is 0 Å². The van der Waals surface area contributed by atoms with Gasteiger partial charge in [0.15, 0.2) is 5.76 Å². The third-order valence-corrected chi connectivity index (χ3v) is 2.74. The number of aromatic nitrogens is 2. The molecule has 2 aromatic heterocycles. The smallest absolute Gasteiger partial charge is 0.287 e. The highest BCUT2D eigenvalue weighted by Gasteiger charge is 2.22. The second-order valence-corrected chi connectivity index (χ2v) is 4.18. The topological polar surface area (TPSA) is 69.3 Å². The predicted octanol–water partition coefficient (Wildman–Crippen LogP) is 0.653. The summed E-state index contributed by atoms with van der Waals surface area (Å²) in [7, 11) is 0. The maximum absolute atomic E-state index is 11.8. The molecule has 1 N–H and O–H groups in total. The molecule has 0 saturated carbocycles. The normalized spacial score (nSPS) is 15.3. The predicted molar refractivity (Wildman–Crippen MR) is 62.1 cm³/mol. The third-order valence-electron chi connectivity index (χ3n) is 2.74. The van der Waals surface area contributed by atoms with Gasteiger partial charge in [-0.15, -0.1) is 0 Å². The summed E-state index contributed by atoms with van der Waals surface area (Å²) >= 11 is 0. The molecule has 0 atom stereocenters. The van der Waals surface area contributed by atoms with Gasteiger partial charge in [-0.3, -0.25) is 9.48 Å². The Balaban J connectivity index is 1.63. The van der Waals surface area contributed by atoms with E-state index in [1.807, 2.05) is 12.3 Å². The van der Waals surface area contributed by atoms with Gasteiger partial charge in [0, 0.05) is 12.4 Å². The maximum atomic E-state index is 11.8. The zero-order chi connectivity index (χ0) is 12.4. The number of ether oxygens (including phenoxy) is 1. The molecule has 3 heterocycles. The highest BCUT2D eigenvalue weighted by Crippen LogP contribution is 2.10. The maximum Gasteiger partial charge on any atom is 0.287 e. The minimum atomic E-state index is -0.199. The Kier molecular flexibility index (Phi) is 2.85. The number of hydrogen-bond acceptors (Lipinski definition) is 4. The Morgan fingerprint density at radius 1 is 1.50 bits per heavy atom. The number of carbonyl (C=O) groups is 1. The van der Waals surface area contributed by atoms with Gasteiger partial charge in [-0.1, -0.05) is 0 Å². The molecule has 0 bridgehead atoms. The summed E-state index contributed by atoms with van der Waals surface area (Å²) < 4.78 is 12.2. The summed E-state index contributed by atoms with van der Waals surface area (Å²) in [6, 6.07) is 5.41. The number of amides is 1. The lowest BCUT2D eigenvalue weighted by atomic mass is 10.2. The SMILES string of the molecule is O=C(NC1COC1)c1ccc(Cn2cccn2)o1. The van der Waals surface area contributed by atoms with E-state index in [4.69, 9.17) is 9.15 Å². The zero-order valence-electron chi connectivity index (χ0n) is 9.70. The number of nitrogens with zero attached hydrogens (tertiary/aromatic N) is 2. The average molecular weight is 247 g/mol. The molecule has 1 saturated heterocycles. The molecular formula is C12H13N3O3. The second kappa shape index (κ2) is 4.66. The summed E-state index contributed by atoms with van der Waals surface area (Å²) in [6.07, 6.45) is 3.54. The van der Waals surface area contributed by atoms with Crippen molar-refractivity contribution in [2.45, 2.75) is 12.6 Å². The van der Waals surface area contributed by atoms with E-state index in [-0.39, 0.29) is 11.9 Å². The Bertz CT molecular complexity index is 529. The van der Waals surface area contributed by atoms with Crippen LogP contribution in [0.3, 0.4) is 0 Å². The van der Waals surface area contributed by atoms with E-state index in [1.54, 1.807) is 23.0 Å². The number of hydrogen-bond donors (Lipinski definition) is 1. The molecule has 6 nitrogen and oxygen atoms in total. The monoisotopic (exact) mass is 247 g/mol. The first kappa shape index (κ1) is 11.0. The van der Waals surface area contributed by atoms with Crippen LogP contribution in [0, 0.1) is 0 Å². The van der Waals surface area contributed by atoms with E-state index in [9.17, 15) is 4.79 Å². The van der Waals surface area contributed by atoms with Crippen molar-refractivity contribution in [3.63, 3.8) is 0 Å². The fourth-order valence-corrected chi connectivity index (χ4v) is 1.71. The molecule has 3 rings (SSSR count). The number of carbonyl (C=O) groups excluding carboxylic acids is 1. The molecular weight excluding hydrogens is 234 g/mol. The van der Waals surface area contributed by atoms with E-state index in [2.05, 4.69) is 10.4 Å². The molecule has 2 aromatic rings. The fourth-order valence-electron chi connectivity index (χ4n) is 1.71. The lowest BCUT2D eigenvalue weighted by Crippen LogP contribution is -2.48. The Labute approximate surface area is 104 Å². The van der Waals surface area contributed by atoms with Crippen LogP contribution in [0.25, 0.3) is 0 Å². The van der Waals surface area contributed by atoms with Crippen LogP contribution in [0.15, 0.2) is 35.0 Å². The van der Waals surface area contributed by atoms with E-state index in [0.29, 0.717) is 31.3 Å². The first-order valence-corrected chi connectivity index (χ1v) is 5.76. The first-order chi connectivity index (χ1) is 8.81. The molecule has 1 fully saturated rings. The van der Waals surface area contributed by atoms with Gasteiger partial charge in [0.2, 0.25) is 0 Å². The average Bonchev–Trinajstić information content (AvgIpc) is 2.95. The van der Waals surface area contributed by atoms with Crippen molar-refractivity contribution in [2.75, 3.05) is 13.2 Å². The van der Waals surface area contributed by atoms with Crippen LogP contribution in [0.2, 0.25) is 0 Å². The molecule has 1 aliphatic heterocycles. The number of rotatable bonds is 4. The van der Waals surface area contributed by atoms with Crippen molar-refractivity contribution < 1.29 is 13.9 Å². The van der Waals surface area contributed by atoms with Gasteiger partial charge in [-0.2, -0.15) is 5.10 Å². The molecule has 94 valence electrons. The van der Waals surface area contributed by atoms with E-state index >= 15 is 0 Å². The van der Waals surface area contributed by atoms with Crippen molar-refractivity contribution in [1.29, 1.82) is 0 Å². The van der Waals surface area contributed by atoms with Gasteiger partial charge in [-0.25, -0.2) is 0 Å².